The number of halogens is 1. The van der Waals surface area contributed by atoms with E-state index in [0.29, 0.717) is 18.7 Å². The van der Waals surface area contributed by atoms with Crippen LogP contribution in [0.15, 0.2) is 28.7 Å². The number of hydrogen-bond donors (Lipinski definition) is 0. The largest absolute Gasteiger partial charge is 0.337 e. The molecule has 0 N–H and O–H groups in total. The van der Waals surface area contributed by atoms with E-state index >= 15 is 0 Å². The van der Waals surface area contributed by atoms with Gasteiger partial charge in [0.25, 0.3) is 5.91 Å². The average molecular weight is 458 g/mol. The molecule has 7 heteroatoms. The minimum atomic E-state index is 0.00783. The number of aromatic nitrogens is 4. The topological polar surface area (TPSA) is 56.0 Å². The van der Waals surface area contributed by atoms with Gasteiger partial charge in [0.15, 0.2) is 0 Å². The Bertz CT molecular complexity index is 1030. The number of amides is 1. The number of hydrogen-bond acceptors (Lipinski definition) is 3. The van der Waals surface area contributed by atoms with Crippen molar-refractivity contribution in [2.45, 2.75) is 54.3 Å². The van der Waals surface area contributed by atoms with Crippen LogP contribution in [0.5, 0.6) is 0 Å². The summed E-state index contributed by atoms with van der Waals surface area (Å²) in [7, 11) is 1.84. The average Bonchev–Trinajstić information content (AvgIpc) is 3.12. The van der Waals surface area contributed by atoms with Gasteiger partial charge in [-0.15, -0.1) is 0 Å². The molecule has 0 saturated carbocycles. The van der Waals surface area contributed by atoms with Gasteiger partial charge >= 0.3 is 0 Å². The summed E-state index contributed by atoms with van der Waals surface area (Å²) in [5.74, 6) is 0.00783. The molecule has 2 aromatic heterocycles. The van der Waals surface area contributed by atoms with Crippen molar-refractivity contribution < 1.29 is 4.79 Å². The second-order valence-electron chi connectivity index (χ2n) is 7.47. The summed E-state index contributed by atoms with van der Waals surface area (Å²) in [4.78, 5) is 14.6. The Hall–Kier alpha value is -2.41. The minimum absolute atomic E-state index is 0.00783. The first-order chi connectivity index (χ1) is 13.7. The molecule has 1 aromatic carbocycles. The summed E-state index contributed by atoms with van der Waals surface area (Å²) in [6.45, 7) is 12.2. The highest BCUT2D eigenvalue weighted by Crippen LogP contribution is 2.21. The van der Waals surface area contributed by atoms with E-state index in [4.69, 9.17) is 0 Å². The zero-order valence-corrected chi connectivity index (χ0v) is 19.5. The van der Waals surface area contributed by atoms with Crippen molar-refractivity contribution in [3.05, 3.63) is 68.2 Å². The minimum Gasteiger partial charge on any atom is -0.337 e. The Morgan fingerprint density at radius 2 is 1.62 bits per heavy atom. The smallest absolute Gasteiger partial charge is 0.253 e. The highest BCUT2D eigenvalue weighted by molar-refractivity contribution is 9.10. The number of rotatable bonds is 6. The Kier molecular flexibility index (Phi) is 6.27. The molecule has 0 unspecified atom stereocenters. The van der Waals surface area contributed by atoms with Crippen LogP contribution in [-0.4, -0.2) is 37.4 Å². The first-order valence-electron chi connectivity index (χ1n) is 9.79. The van der Waals surface area contributed by atoms with Crippen LogP contribution < -0.4 is 0 Å². The highest BCUT2D eigenvalue weighted by atomic mass is 79.9. The summed E-state index contributed by atoms with van der Waals surface area (Å²) in [6.07, 6.45) is 0. The van der Waals surface area contributed by atoms with E-state index in [2.05, 4.69) is 40.0 Å². The Balaban J connectivity index is 1.71. The molecule has 3 rings (SSSR count). The van der Waals surface area contributed by atoms with Crippen LogP contribution >= 0.6 is 15.9 Å². The van der Waals surface area contributed by atoms with Gasteiger partial charge < -0.3 is 4.90 Å². The molecular weight excluding hydrogens is 430 g/mol. The number of carbonyl (C=O) groups excluding carboxylic acids is 1. The van der Waals surface area contributed by atoms with Gasteiger partial charge in [0, 0.05) is 37.0 Å². The first-order valence-corrected chi connectivity index (χ1v) is 10.6. The lowest BCUT2D eigenvalue weighted by Crippen LogP contribution is -2.26. The molecule has 0 atom stereocenters. The zero-order valence-electron chi connectivity index (χ0n) is 18.0. The molecule has 0 aliphatic carbocycles. The third-order valence-corrected chi connectivity index (χ3v) is 6.55. The van der Waals surface area contributed by atoms with E-state index in [1.54, 1.807) is 4.90 Å². The van der Waals surface area contributed by atoms with Crippen molar-refractivity contribution in [1.29, 1.82) is 0 Å². The number of carbonyl (C=O) groups is 1. The maximum Gasteiger partial charge on any atom is 0.253 e. The van der Waals surface area contributed by atoms with Crippen LogP contribution in [0.25, 0.3) is 0 Å². The standard InChI is InChI=1S/C22H28BrN5O/c1-7-27-16(4)20(14(2)24-27)13-26(6)22(29)19-10-8-18(9-11-19)12-28-17(5)21(23)15(3)25-28/h8-11H,7,12-13H2,1-6H3. The van der Waals surface area contributed by atoms with E-state index < -0.39 is 0 Å². The maximum atomic E-state index is 12.9. The molecule has 29 heavy (non-hydrogen) atoms. The van der Waals surface area contributed by atoms with E-state index in [1.807, 2.05) is 61.4 Å². The summed E-state index contributed by atoms with van der Waals surface area (Å²) in [5, 5.41) is 9.10. The van der Waals surface area contributed by atoms with Crippen molar-refractivity contribution in [2.24, 2.45) is 0 Å². The molecule has 1 amide bonds. The summed E-state index contributed by atoms with van der Waals surface area (Å²) < 4.78 is 5.00. The number of nitrogens with zero attached hydrogens (tertiary/aromatic N) is 5. The predicted octanol–water partition coefficient (Wildman–Crippen LogP) is 4.42. The summed E-state index contributed by atoms with van der Waals surface area (Å²) >= 11 is 3.56. The molecular formula is C22H28BrN5O. The van der Waals surface area contributed by atoms with E-state index in [1.165, 1.54) is 0 Å². The van der Waals surface area contributed by atoms with Gasteiger partial charge in [-0.3, -0.25) is 14.2 Å². The quantitative estimate of drug-likeness (QED) is 0.550. The van der Waals surface area contributed by atoms with Crippen LogP contribution in [0.2, 0.25) is 0 Å². The molecule has 0 aliphatic heterocycles. The first kappa shape index (κ1) is 21.3. The molecule has 0 bridgehead atoms. The molecule has 0 aliphatic rings. The van der Waals surface area contributed by atoms with Crippen LogP contribution in [0.3, 0.4) is 0 Å². The fraction of sp³-hybridized carbons (Fsp3) is 0.409. The van der Waals surface area contributed by atoms with Crippen molar-refractivity contribution in [3.63, 3.8) is 0 Å². The second-order valence-corrected chi connectivity index (χ2v) is 8.26. The van der Waals surface area contributed by atoms with Gasteiger partial charge in [-0.25, -0.2) is 0 Å². The molecule has 0 fully saturated rings. The highest BCUT2D eigenvalue weighted by Gasteiger charge is 2.17. The van der Waals surface area contributed by atoms with Crippen LogP contribution in [-0.2, 0) is 19.6 Å². The second kappa shape index (κ2) is 8.53. The molecule has 2 heterocycles. The number of aryl methyl sites for hydroxylation is 3. The molecule has 0 saturated heterocycles. The van der Waals surface area contributed by atoms with Gasteiger partial charge in [0.1, 0.15) is 0 Å². The van der Waals surface area contributed by atoms with Gasteiger partial charge in [0.2, 0.25) is 0 Å². The Morgan fingerprint density at radius 1 is 1.00 bits per heavy atom. The molecule has 3 aromatic rings. The predicted molar refractivity (Wildman–Crippen MR) is 118 cm³/mol. The van der Waals surface area contributed by atoms with Gasteiger partial charge in [0.05, 0.1) is 28.1 Å². The van der Waals surface area contributed by atoms with Gasteiger partial charge in [-0.05, 0) is 68.2 Å². The number of benzene rings is 1. The van der Waals surface area contributed by atoms with Gasteiger partial charge in [-0.1, -0.05) is 12.1 Å². The van der Waals surface area contributed by atoms with Crippen LogP contribution in [0, 0.1) is 27.7 Å². The maximum absolute atomic E-state index is 12.9. The van der Waals surface area contributed by atoms with Crippen LogP contribution in [0.4, 0.5) is 0 Å². The summed E-state index contributed by atoms with van der Waals surface area (Å²) in [5.41, 5.74) is 7.09. The van der Waals surface area contributed by atoms with E-state index in [9.17, 15) is 4.79 Å². The lowest BCUT2D eigenvalue weighted by molar-refractivity contribution is 0.0784. The summed E-state index contributed by atoms with van der Waals surface area (Å²) in [6, 6.07) is 7.78. The van der Waals surface area contributed by atoms with Gasteiger partial charge in [-0.2, -0.15) is 10.2 Å². The lowest BCUT2D eigenvalue weighted by atomic mass is 10.1. The fourth-order valence-corrected chi connectivity index (χ4v) is 3.84. The van der Waals surface area contributed by atoms with Crippen molar-refractivity contribution in [1.82, 2.24) is 24.5 Å². The third-order valence-electron chi connectivity index (χ3n) is 5.40. The zero-order chi connectivity index (χ0) is 21.3. The fourth-order valence-electron chi connectivity index (χ4n) is 3.55. The van der Waals surface area contributed by atoms with Crippen molar-refractivity contribution >= 4 is 21.8 Å². The Labute approximate surface area is 180 Å². The monoisotopic (exact) mass is 457 g/mol. The normalized spacial score (nSPS) is 11.1. The van der Waals surface area contributed by atoms with Crippen molar-refractivity contribution in [3.8, 4) is 0 Å². The van der Waals surface area contributed by atoms with Crippen LogP contribution in [0.1, 0.15) is 51.2 Å². The Morgan fingerprint density at radius 3 is 2.14 bits per heavy atom. The third kappa shape index (κ3) is 4.29. The van der Waals surface area contributed by atoms with E-state index in [0.717, 1.165) is 44.9 Å². The lowest BCUT2D eigenvalue weighted by Gasteiger charge is -2.18. The molecule has 6 nitrogen and oxygen atoms in total. The van der Waals surface area contributed by atoms with Crippen molar-refractivity contribution in [2.75, 3.05) is 7.05 Å². The SMILES string of the molecule is CCn1nc(C)c(CN(C)C(=O)c2ccc(Cn3nc(C)c(Br)c3C)cc2)c1C. The molecule has 0 radical (unpaired) electrons. The molecule has 154 valence electrons. The van der Waals surface area contributed by atoms with E-state index in [-0.39, 0.29) is 5.91 Å². The molecule has 0 spiro atoms.